The van der Waals surface area contributed by atoms with Crippen molar-refractivity contribution in [1.82, 2.24) is 4.98 Å². The number of quaternary nitrogens is 1. The third-order valence-corrected chi connectivity index (χ3v) is 5.87. The van der Waals surface area contributed by atoms with Crippen molar-refractivity contribution >= 4 is 32.6 Å². The lowest BCUT2D eigenvalue weighted by atomic mass is 10.1. The summed E-state index contributed by atoms with van der Waals surface area (Å²) < 4.78 is 1.14. The Morgan fingerprint density at radius 2 is 1.81 bits per heavy atom. The first-order chi connectivity index (χ1) is 12.9. The molecule has 0 fully saturated rings. The summed E-state index contributed by atoms with van der Waals surface area (Å²) in [4.78, 5) is 21.0. The zero-order chi connectivity index (χ0) is 19.4. The number of likely N-dealkylation sites (N-methyl/N-ethyl adjacent to an activating group) is 1. The molecule has 5 heteroatoms. The van der Waals surface area contributed by atoms with Crippen molar-refractivity contribution < 1.29 is 9.69 Å². The molecule has 1 amide bonds. The molecule has 3 rings (SSSR count). The van der Waals surface area contributed by atoms with Crippen LogP contribution in [0.4, 0.5) is 5.13 Å². The van der Waals surface area contributed by atoms with Crippen molar-refractivity contribution in [3.05, 3.63) is 59.2 Å². The van der Waals surface area contributed by atoms with Gasteiger partial charge in [-0.15, -0.1) is 0 Å². The second-order valence-corrected chi connectivity index (χ2v) is 8.40. The standard InChI is InChI=1S/C22H27N3OS/c1-16-14-19-20(15-17(16)2)27-22(23-19)25(13-12-24(3)4)21(26)11-10-18-8-6-5-7-9-18/h5-9,14-15H,10-13H2,1-4H3/p+1. The highest BCUT2D eigenvalue weighted by molar-refractivity contribution is 7.22. The number of carbonyl (C=O) groups is 1. The fourth-order valence-electron chi connectivity index (χ4n) is 2.98. The van der Waals surface area contributed by atoms with E-state index in [0.717, 1.165) is 28.3 Å². The van der Waals surface area contributed by atoms with Gasteiger partial charge in [0.15, 0.2) is 5.13 Å². The molecular formula is C22H28N3OS+. The van der Waals surface area contributed by atoms with Crippen molar-refractivity contribution in [2.45, 2.75) is 26.7 Å². The Hall–Kier alpha value is -2.24. The highest BCUT2D eigenvalue weighted by Gasteiger charge is 2.20. The second kappa shape index (κ2) is 8.63. The van der Waals surface area contributed by atoms with Crippen molar-refractivity contribution in [2.75, 3.05) is 32.1 Å². The van der Waals surface area contributed by atoms with Crippen LogP contribution in [0.2, 0.25) is 0 Å². The molecule has 4 nitrogen and oxygen atoms in total. The van der Waals surface area contributed by atoms with Gasteiger partial charge in [-0.1, -0.05) is 41.7 Å². The van der Waals surface area contributed by atoms with Crippen LogP contribution in [0, 0.1) is 13.8 Å². The molecule has 0 saturated heterocycles. The number of nitrogens with zero attached hydrogens (tertiary/aromatic N) is 2. The zero-order valence-electron chi connectivity index (χ0n) is 16.6. The third-order valence-electron chi connectivity index (χ3n) is 4.83. The topological polar surface area (TPSA) is 37.6 Å². The smallest absolute Gasteiger partial charge is 0.229 e. The number of anilines is 1. The maximum Gasteiger partial charge on any atom is 0.229 e. The fourth-order valence-corrected chi connectivity index (χ4v) is 4.07. The lowest BCUT2D eigenvalue weighted by Crippen LogP contribution is -3.06. The zero-order valence-corrected chi connectivity index (χ0v) is 17.4. The maximum atomic E-state index is 13.0. The normalized spacial score (nSPS) is 11.3. The summed E-state index contributed by atoms with van der Waals surface area (Å²) in [6.45, 7) is 5.80. The molecule has 2 aromatic carbocycles. The highest BCUT2D eigenvalue weighted by Crippen LogP contribution is 2.31. The van der Waals surface area contributed by atoms with E-state index in [0.29, 0.717) is 13.0 Å². The molecule has 0 bridgehead atoms. The number of nitrogens with one attached hydrogen (secondary N) is 1. The summed E-state index contributed by atoms with van der Waals surface area (Å²) in [5, 5.41) is 0.814. The number of aromatic nitrogens is 1. The van der Waals surface area contributed by atoms with E-state index < -0.39 is 0 Å². The van der Waals surface area contributed by atoms with E-state index in [1.54, 1.807) is 11.3 Å². The SMILES string of the molecule is Cc1cc2nc(N(CC[NH+](C)C)C(=O)CCc3ccccc3)sc2cc1C. The van der Waals surface area contributed by atoms with Gasteiger partial charge in [0, 0.05) is 6.42 Å². The average Bonchev–Trinajstić information content (AvgIpc) is 3.03. The van der Waals surface area contributed by atoms with Gasteiger partial charge in [0.25, 0.3) is 0 Å². The number of aryl methyl sites for hydroxylation is 3. The molecule has 142 valence electrons. The van der Waals surface area contributed by atoms with Crippen LogP contribution in [0.1, 0.15) is 23.1 Å². The molecule has 1 heterocycles. The summed E-state index contributed by atoms with van der Waals surface area (Å²) in [7, 11) is 4.22. The minimum Gasteiger partial charge on any atom is -0.338 e. The van der Waals surface area contributed by atoms with Crippen LogP contribution >= 0.6 is 11.3 Å². The molecule has 0 spiro atoms. The van der Waals surface area contributed by atoms with Gasteiger partial charge in [0.1, 0.15) is 0 Å². The first kappa shape index (κ1) is 19.5. The highest BCUT2D eigenvalue weighted by atomic mass is 32.1. The third kappa shape index (κ3) is 4.93. The first-order valence-electron chi connectivity index (χ1n) is 9.45. The summed E-state index contributed by atoms with van der Waals surface area (Å²) >= 11 is 1.61. The Balaban J connectivity index is 1.82. The number of amides is 1. The Labute approximate surface area is 165 Å². The summed E-state index contributed by atoms with van der Waals surface area (Å²) in [5.41, 5.74) is 4.67. The minimum atomic E-state index is 0.146. The van der Waals surface area contributed by atoms with Crippen molar-refractivity contribution in [3.8, 4) is 0 Å². The van der Waals surface area contributed by atoms with Crippen LogP contribution in [-0.4, -0.2) is 38.1 Å². The summed E-state index contributed by atoms with van der Waals surface area (Å²) in [6.07, 6.45) is 1.26. The fraction of sp³-hybridized carbons (Fsp3) is 0.364. The minimum absolute atomic E-state index is 0.146. The van der Waals surface area contributed by atoms with Crippen LogP contribution < -0.4 is 9.80 Å². The Morgan fingerprint density at radius 3 is 2.52 bits per heavy atom. The van der Waals surface area contributed by atoms with Gasteiger partial charge in [-0.25, -0.2) is 4.98 Å². The van der Waals surface area contributed by atoms with E-state index in [-0.39, 0.29) is 5.91 Å². The van der Waals surface area contributed by atoms with Gasteiger partial charge in [-0.2, -0.15) is 0 Å². The second-order valence-electron chi connectivity index (χ2n) is 7.39. The van der Waals surface area contributed by atoms with Gasteiger partial charge in [0.2, 0.25) is 5.91 Å². The van der Waals surface area contributed by atoms with Gasteiger partial charge >= 0.3 is 0 Å². The van der Waals surface area contributed by atoms with Crippen LogP contribution in [-0.2, 0) is 11.2 Å². The Kier molecular flexibility index (Phi) is 6.24. The number of fused-ring (bicyclic) bond motifs is 1. The predicted molar refractivity (Wildman–Crippen MR) is 114 cm³/mol. The van der Waals surface area contributed by atoms with E-state index >= 15 is 0 Å². The monoisotopic (exact) mass is 382 g/mol. The van der Waals surface area contributed by atoms with E-state index in [4.69, 9.17) is 4.98 Å². The average molecular weight is 383 g/mol. The number of benzene rings is 2. The molecular weight excluding hydrogens is 354 g/mol. The molecule has 1 aromatic heterocycles. The summed E-state index contributed by atoms with van der Waals surface area (Å²) in [6, 6.07) is 14.5. The molecule has 0 saturated carbocycles. The molecule has 0 atom stereocenters. The molecule has 0 aliphatic carbocycles. The lowest BCUT2D eigenvalue weighted by molar-refractivity contribution is -0.856. The van der Waals surface area contributed by atoms with Crippen LogP contribution in [0.3, 0.4) is 0 Å². The van der Waals surface area contributed by atoms with Gasteiger partial charge in [-0.05, 0) is 49.1 Å². The van der Waals surface area contributed by atoms with Crippen molar-refractivity contribution in [2.24, 2.45) is 0 Å². The molecule has 0 aliphatic heterocycles. The molecule has 1 N–H and O–H groups in total. The maximum absolute atomic E-state index is 13.0. The molecule has 0 radical (unpaired) electrons. The van der Waals surface area contributed by atoms with E-state index in [9.17, 15) is 4.79 Å². The molecule has 27 heavy (non-hydrogen) atoms. The van der Waals surface area contributed by atoms with Gasteiger partial charge in [0.05, 0.1) is 37.4 Å². The van der Waals surface area contributed by atoms with Crippen LogP contribution in [0.25, 0.3) is 10.2 Å². The number of thiazole rings is 1. The van der Waals surface area contributed by atoms with Crippen LogP contribution in [0.15, 0.2) is 42.5 Å². The van der Waals surface area contributed by atoms with Gasteiger partial charge in [-0.3, -0.25) is 9.69 Å². The predicted octanol–water partition coefficient (Wildman–Crippen LogP) is 3.02. The summed E-state index contributed by atoms with van der Waals surface area (Å²) in [5.74, 6) is 0.146. The van der Waals surface area contributed by atoms with Gasteiger partial charge < -0.3 is 4.90 Å². The molecule has 0 unspecified atom stereocenters. The first-order valence-corrected chi connectivity index (χ1v) is 10.3. The quantitative estimate of drug-likeness (QED) is 0.682. The van der Waals surface area contributed by atoms with E-state index in [2.05, 4.69) is 52.2 Å². The number of carbonyl (C=O) groups excluding carboxylic acids is 1. The largest absolute Gasteiger partial charge is 0.338 e. The van der Waals surface area contributed by atoms with Crippen molar-refractivity contribution in [3.63, 3.8) is 0 Å². The van der Waals surface area contributed by atoms with E-state index in [1.807, 2.05) is 23.1 Å². The van der Waals surface area contributed by atoms with E-state index in [1.165, 1.54) is 21.6 Å². The van der Waals surface area contributed by atoms with Crippen molar-refractivity contribution in [1.29, 1.82) is 0 Å². The van der Waals surface area contributed by atoms with Crippen LogP contribution in [0.5, 0.6) is 0 Å². The Bertz CT molecular complexity index is 879. The number of hydrogen-bond donors (Lipinski definition) is 1. The molecule has 0 aliphatic rings. The number of rotatable bonds is 7. The Morgan fingerprint density at radius 1 is 1.11 bits per heavy atom. The lowest BCUT2D eigenvalue weighted by Gasteiger charge is -2.20. The molecule has 3 aromatic rings. The number of hydrogen-bond acceptors (Lipinski definition) is 3.